The largest absolute Gasteiger partial charge is 0.324 e. The topological polar surface area (TPSA) is 41.1 Å². The van der Waals surface area contributed by atoms with Crippen molar-refractivity contribution in [3.8, 4) is 0 Å². The number of hydrogen-bond acceptors (Lipinski definition) is 2. The monoisotopic (exact) mass is 252 g/mol. The van der Waals surface area contributed by atoms with E-state index in [2.05, 4.69) is 10.6 Å². The van der Waals surface area contributed by atoms with Gasteiger partial charge in [0.15, 0.2) is 0 Å². The zero-order valence-corrected chi connectivity index (χ0v) is 10.5. The first-order valence-corrected chi connectivity index (χ1v) is 6.41. The van der Waals surface area contributed by atoms with Crippen molar-refractivity contribution >= 4 is 23.2 Å². The summed E-state index contributed by atoms with van der Waals surface area (Å²) in [5.41, 5.74) is 0.674. The van der Waals surface area contributed by atoms with Gasteiger partial charge in [-0.1, -0.05) is 36.6 Å². The maximum absolute atomic E-state index is 11.7. The Balaban J connectivity index is 1.79. The fraction of sp³-hybridized carbons (Fsp3) is 0.462. The van der Waals surface area contributed by atoms with Crippen molar-refractivity contribution in [3.63, 3.8) is 0 Å². The molecular formula is C13H17ClN2O. The molecule has 0 heterocycles. The Morgan fingerprint density at radius 3 is 2.71 bits per heavy atom. The lowest BCUT2D eigenvalue weighted by Gasteiger charge is -2.12. The number of hydrogen-bond donors (Lipinski definition) is 2. The molecule has 3 nitrogen and oxygen atoms in total. The highest BCUT2D eigenvalue weighted by atomic mass is 35.5. The number of nitrogens with one attached hydrogen (secondary N) is 2. The maximum Gasteiger partial charge on any atom is 0.238 e. The summed E-state index contributed by atoms with van der Waals surface area (Å²) in [5.74, 6) is -0.0370. The maximum atomic E-state index is 11.7. The standard InChI is InChI=1S/C13H17ClN2O/c14-11-7-3-4-8-12(11)16-13(17)9-15-10-5-1-2-6-10/h3-4,7-8,10,15H,1-2,5-6,9H2,(H,16,17). The van der Waals surface area contributed by atoms with Crippen LogP contribution in [0.15, 0.2) is 24.3 Å². The Hall–Kier alpha value is -1.06. The zero-order valence-electron chi connectivity index (χ0n) is 9.71. The van der Waals surface area contributed by atoms with Crippen LogP contribution in [0, 0.1) is 0 Å². The van der Waals surface area contributed by atoms with Crippen LogP contribution < -0.4 is 10.6 Å². The van der Waals surface area contributed by atoms with Gasteiger partial charge in [0.2, 0.25) is 5.91 Å². The predicted molar refractivity (Wildman–Crippen MR) is 70.3 cm³/mol. The van der Waals surface area contributed by atoms with Crippen LogP contribution >= 0.6 is 11.6 Å². The Bertz CT molecular complexity index is 389. The van der Waals surface area contributed by atoms with Crippen molar-refractivity contribution in [2.75, 3.05) is 11.9 Å². The molecule has 0 radical (unpaired) electrons. The SMILES string of the molecule is O=C(CNC1CCCC1)Nc1ccccc1Cl. The zero-order chi connectivity index (χ0) is 12.1. The van der Waals surface area contributed by atoms with E-state index in [1.807, 2.05) is 12.1 Å². The van der Waals surface area contributed by atoms with Gasteiger partial charge < -0.3 is 10.6 Å². The average molecular weight is 253 g/mol. The summed E-state index contributed by atoms with van der Waals surface area (Å²) in [6.07, 6.45) is 4.90. The molecule has 1 aromatic rings. The highest BCUT2D eigenvalue weighted by Crippen LogP contribution is 2.20. The third kappa shape index (κ3) is 3.72. The molecule has 0 bridgehead atoms. The molecule has 1 fully saturated rings. The molecule has 17 heavy (non-hydrogen) atoms. The third-order valence-corrected chi connectivity index (χ3v) is 3.38. The number of carbonyl (C=O) groups excluding carboxylic acids is 1. The van der Waals surface area contributed by atoms with Crippen molar-refractivity contribution in [1.82, 2.24) is 5.32 Å². The van der Waals surface area contributed by atoms with Gasteiger partial charge in [-0.2, -0.15) is 0 Å². The van der Waals surface area contributed by atoms with Gasteiger partial charge in [0, 0.05) is 6.04 Å². The van der Waals surface area contributed by atoms with Gasteiger partial charge in [-0.25, -0.2) is 0 Å². The normalized spacial score (nSPS) is 16.1. The Morgan fingerprint density at radius 1 is 1.29 bits per heavy atom. The lowest BCUT2D eigenvalue weighted by atomic mass is 10.2. The van der Waals surface area contributed by atoms with Crippen molar-refractivity contribution < 1.29 is 4.79 Å². The molecule has 0 aromatic heterocycles. The fourth-order valence-electron chi connectivity index (χ4n) is 2.12. The van der Waals surface area contributed by atoms with Gasteiger partial charge in [0.25, 0.3) is 0 Å². The minimum atomic E-state index is -0.0370. The Kier molecular flexibility index (Phi) is 4.40. The van der Waals surface area contributed by atoms with Crippen LogP contribution in [-0.2, 0) is 4.79 Å². The van der Waals surface area contributed by atoms with E-state index in [1.165, 1.54) is 25.7 Å². The summed E-state index contributed by atoms with van der Waals surface area (Å²) >= 11 is 5.96. The van der Waals surface area contributed by atoms with Crippen LogP contribution in [0.25, 0.3) is 0 Å². The summed E-state index contributed by atoms with van der Waals surface area (Å²) in [7, 11) is 0. The van der Waals surface area contributed by atoms with Gasteiger partial charge in [-0.15, -0.1) is 0 Å². The quantitative estimate of drug-likeness (QED) is 0.865. The highest BCUT2D eigenvalue weighted by Gasteiger charge is 2.15. The second-order valence-electron chi connectivity index (χ2n) is 4.39. The molecule has 0 aliphatic heterocycles. The molecule has 1 amide bonds. The lowest BCUT2D eigenvalue weighted by Crippen LogP contribution is -2.34. The summed E-state index contributed by atoms with van der Waals surface area (Å²) in [4.78, 5) is 11.7. The van der Waals surface area contributed by atoms with Crippen LogP contribution in [-0.4, -0.2) is 18.5 Å². The molecule has 4 heteroatoms. The van der Waals surface area contributed by atoms with Crippen LogP contribution in [0.5, 0.6) is 0 Å². The van der Waals surface area contributed by atoms with Crippen LogP contribution in [0.3, 0.4) is 0 Å². The fourth-order valence-corrected chi connectivity index (χ4v) is 2.31. The molecule has 2 N–H and O–H groups in total. The molecule has 1 aromatic carbocycles. The Labute approximate surface area is 107 Å². The minimum absolute atomic E-state index is 0.0370. The molecule has 2 rings (SSSR count). The smallest absolute Gasteiger partial charge is 0.238 e. The minimum Gasteiger partial charge on any atom is -0.324 e. The number of rotatable bonds is 4. The van der Waals surface area contributed by atoms with Crippen LogP contribution in [0.4, 0.5) is 5.69 Å². The van der Waals surface area contributed by atoms with Gasteiger partial charge in [-0.3, -0.25) is 4.79 Å². The highest BCUT2D eigenvalue weighted by molar-refractivity contribution is 6.33. The van der Waals surface area contributed by atoms with Gasteiger partial charge >= 0.3 is 0 Å². The number of para-hydroxylation sites is 1. The number of halogens is 1. The second-order valence-corrected chi connectivity index (χ2v) is 4.80. The van der Waals surface area contributed by atoms with Crippen molar-refractivity contribution in [2.45, 2.75) is 31.7 Å². The number of carbonyl (C=O) groups is 1. The van der Waals surface area contributed by atoms with E-state index in [1.54, 1.807) is 12.1 Å². The first kappa shape index (κ1) is 12.4. The second kappa shape index (κ2) is 6.03. The average Bonchev–Trinajstić information content (AvgIpc) is 2.82. The summed E-state index contributed by atoms with van der Waals surface area (Å²) in [5, 5.41) is 6.64. The van der Waals surface area contributed by atoms with Crippen LogP contribution in [0.1, 0.15) is 25.7 Å². The van der Waals surface area contributed by atoms with E-state index in [0.717, 1.165) is 0 Å². The third-order valence-electron chi connectivity index (χ3n) is 3.05. The molecule has 0 atom stereocenters. The van der Waals surface area contributed by atoms with E-state index in [9.17, 15) is 4.79 Å². The molecule has 1 saturated carbocycles. The summed E-state index contributed by atoms with van der Waals surface area (Å²) < 4.78 is 0. The predicted octanol–water partition coefficient (Wildman–Crippen LogP) is 2.81. The van der Waals surface area contributed by atoms with Gasteiger partial charge in [0.05, 0.1) is 17.3 Å². The molecule has 92 valence electrons. The number of anilines is 1. The molecule has 0 unspecified atom stereocenters. The molecule has 1 aliphatic rings. The molecule has 0 saturated heterocycles. The van der Waals surface area contributed by atoms with E-state index in [-0.39, 0.29) is 5.91 Å². The van der Waals surface area contributed by atoms with Gasteiger partial charge in [0.1, 0.15) is 0 Å². The first-order chi connectivity index (χ1) is 8.25. The van der Waals surface area contributed by atoms with Crippen molar-refractivity contribution in [3.05, 3.63) is 29.3 Å². The molecular weight excluding hydrogens is 236 g/mol. The number of benzene rings is 1. The molecule has 1 aliphatic carbocycles. The van der Waals surface area contributed by atoms with E-state index < -0.39 is 0 Å². The lowest BCUT2D eigenvalue weighted by molar-refractivity contribution is -0.115. The van der Waals surface area contributed by atoms with E-state index in [0.29, 0.717) is 23.3 Å². The van der Waals surface area contributed by atoms with Crippen LogP contribution in [0.2, 0.25) is 5.02 Å². The van der Waals surface area contributed by atoms with Crippen molar-refractivity contribution in [2.24, 2.45) is 0 Å². The Morgan fingerprint density at radius 2 is 2.00 bits per heavy atom. The van der Waals surface area contributed by atoms with Crippen molar-refractivity contribution in [1.29, 1.82) is 0 Å². The summed E-state index contributed by atoms with van der Waals surface area (Å²) in [6, 6.07) is 7.77. The van der Waals surface area contributed by atoms with Gasteiger partial charge in [-0.05, 0) is 25.0 Å². The number of amides is 1. The van der Waals surface area contributed by atoms with E-state index >= 15 is 0 Å². The molecule has 0 spiro atoms. The summed E-state index contributed by atoms with van der Waals surface area (Å²) in [6.45, 7) is 0.357. The first-order valence-electron chi connectivity index (χ1n) is 6.03. The van der Waals surface area contributed by atoms with E-state index in [4.69, 9.17) is 11.6 Å².